The molecule has 0 saturated carbocycles. The van der Waals surface area contributed by atoms with Crippen molar-refractivity contribution in [2.24, 2.45) is 0 Å². The van der Waals surface area contributed by atoms with Gasteiger partial charge in [-0.1, -0.05) is 18.2 Å². The number of aliphatic hydroxyl groups excluding tert-OH is 3. The number of hydrogen-bond acceptors (Lipinski definition) is 19. The largest absolute Gasteiger partial charge is 0.508 e. The zero-order valence-corrected chi connectivity index (χ0v) is 32.5. The predicted octanol–water partition coefficient (Wildman–Crippen LogP) is 4.08. The van der Waals surface area contributed by atoms with Gasteiger partial charge in [-0.05, 0) is 53.1 Å². The number of Topliss-reactive ketones (excluding diaryl/α,β-unsaturated/α-hetero) is 1. The summed E-state index contributed by atoms with van der Waals surface area (Å²) in [6, 6.07) is 13.4. The minimum Gasteiger partial charge on any atom is -0.508 e. The lowest BCUT2D eigenvalue weighted by Gasteiger charge is -2.43. The maximum Gasteiger partial charge on any atom is 0.202 e. The van der Waals surface area contributed by atoms with Gasteiger partial charge in [-0.3, -0.25) is 4.79 Å². The zero-order chi connectivity index (χ0) is 45.8. The smallest absolute Gasteiger partial charge is 0.202 e. The van der Waals surface area contributed by atoms with E-state index in [1.165, 1.54) is 18.2 Å². The van der Waals surface area contributed by atoms with E-state index in [1.54, 1.807) is 0 Å². The van der Waals surface area contributed by atoms with E-state index in [-0.39, 0.29) is 28.0 Å². The number of hydrogen-bond donors (Lipinski definition) is 15. The van der Waals surface area contributed by atoms with E-state index in [0.29, 0.717) is 6.07 Å². The first kappa shape index (κ1) is 41.2. The molecular weight excluding hydrogens is 844 g/mol. The van der Waals surface area contributed by atoms with E-state index in [2.05, 4.69) is 0 Å². The Morgan fingerprint density at radius 2 is 0.781 bits per heavy atom. The van der Waals surface area contributed by atoms with Gasteiger partial charge in [-0.15, -0.1) is 0 Å². The molecule has 64 heavy (non-hydrogen) atoms. The minimum atomic E-state index is -2.07. The molecule has 6 aromatic carbocycles. The second-order valence-corrected chi connectivity index (χ2v) is 15.6. The molecule has 6 aromatic rings. The van der Waals surface area contributed by atoms with Crippen LogP contribution in [0.15, 0.2) is 78.9 Å². The number of fused-ring (bicyclic) bond motifs is 3. The average molecular weight is 881 g/mol. The van der Waals surface area contributed by atoms with Crippen LogP contribution in [-0.2, 0) is 0 Å². The van der Waals surface area contributed by atoms with Crippen LogP contribution in [0.1, 0.15) is 79.4 Å². The second-order valence-electron chi connectivity index (χ2n) is 15.6. The molecule has 19 nitrogen and oxygen atoms in total. The molecule has 0 fully saturated rings. The van der Waals surface area contributed by atoms with Crippen molar-refractivity contribution in [1.29, 1.82) is 0 Å². The molecule has 0 unspecified atom stereocenters. The van der Waals surface area contributed by atoms with Crippen molar-refractivity contribution >= 4 is 5.78 Å². The highest BCUT2D eigenvalue weighted by Crippen LogP contribution is 2.62. The van der Waals surface area contributed by atoms with Crippen LogP contribution in [-0.4, -0.2) is 101 Å². The summed E-state index contributed by atoms with van der Waals surface area (Å²) in [6.45, 7) is 0. The van der Waals surface area contributed by atoms with Crippen molar-refractivity contribution in [3.05, 3.63) is 123 Å². The molecule has 330 valence electrons. The highest BCUT2D eigenvalue weighted by atomic mass is 16.5. The van der Waals surface area contributed by atoms with E-state index in [9.17, 15) is 81.4 Å². The number of phenolic OH excluding ortho intramolecular Hbond substituents is 12. The Balaban J connectivity index is 1.33. The van der Waals surface area contributed by atoms with Crippen molar-refractivity contribution < 1.29 is 95.6 Å². The molecular formula is C45H36O19. The lowest BCUT2D eigenvalue weighted by Crippen LogP contribution is -2.40. The van der Waals surface area contributed by atoms with Crippen LogP contribution in [0.3, 0.4) is 0 Å². The molecule has 0 aromatic heterocycles. The van der Waals surface area contributed by atoms with Gasteiger partial charge >= 0.3 is 0 Å². The second kappa shape index (κ2) is 14.8. The Morgan fingerprint density at radius 3 is 1.28 bits per heavy atom. The standard InChI is InChI=1S/C45H36O19/c46-17-10-24(53)30-29(11-17)62-41(14-1-4-18(47)21(50)7-14)38(59)35(30)31-25(54)12-26(55)32-36(39(60)42(63-44(31)32)15-2-5-19(48)22(51)8-15)33-27(56)13-28(57)34-37(58)40(61)43(64-45(33)34)16-3-6-20(49)23(52)9-16/h1-13,35-36,38-43,46-57,59-61H/t35-,36-,38-,39-,40-,41-,42-,43-/m1/s1. The molecule has 15 N–H and O–H groups in total. The number of phenols is 12. The maximum atomic E-state index is 14.0. The van der Waals surface area contributed by atoms with Gasteiger partial charge in [0.15, 0.2) is 58.9 Å². The Bertz CT molecular complexity index is 2930. The fourth-order valence-electron chi connectivity index (χ4n) is 8.84. The lowest BCUT2D eigenvalue weighted by molar-refractivity contribution is -0.00489. The molecule has 0 radical (unpaired) electrons. The van der Waals surface area contributed by atoms with Crippen LogP contribution < -0.4 is 14.2 Å². The first-order valence-corrected chi connectivity index (χ1v) is 19.2. The number of rotatable bonds is 5. The normalized spacial score (nSPS) is 23.5. The maximum absolute atomic E-state index is 14.0. The predicted molar refractivity (Wildman–Crippen MR) is 215 cm³/mol. The van der Waals surface area contributed by atoms with Crippen LogP contribution in [0, 0.1) is 0 Å². The van der Waals surface area contributed by atoms with Gasteiger partial charge in [0, 0.05) is 46.5 Å². The van der Waals surface area contributed by atoms with Crippen molar-refractivity contribution in [2.45, 2.75) is 48.5 Å². The summed E-state index contributed by atoms with van der Waals surface area (Å²) in [5, 5.41) is 166. The Labute approximate surface area is 358 Å². The van der Waals surface area contributed by atoms with E-state index >= 15 is 0 Å². The van der Waals surface area contributed by atoms with Gasteiger partial charge in [0.1, 0.15) is 69.5 Å². The molecule has 3 aliphatic heterocycles. The summed E-state index contributed by atoms with van der Waals surface area (Å²) in [6.07, 6.45) is -10.9. The summed E-state index contributed by atoms with van der Waals surface area (Å²) < 4.78 is 18.7. The van der Waals surface area contributed by atoms with Gasteiger partial charge in [-0.25, -0.2) is 0 Å². The van der Waals surface area contributed by atoms with Gasteiger partial charge in [0.05, 0.1) is 11.8 Å². The first-order chi connectivity index (χ1) is 30.4. The Kier molecular flexibility index (Phi) is 9.51. The summed E-state index contributed by atoms with van der Waals surface area (Å²) in [4.78, 5) is 14.0. The molecule has 0 amide bonds. The van der Waals surface area contributed by atoms with Crippen molar-refractivity contribution in [2.75, 3.05) is 0 Å². The number of aliphatic hydroxyl groups is 3. The van der Waals surface area contributed by atoms with Crippen molar-refractivity contribution in [1.82, 2.24) is 0 Å². The molecule has 0 saturated heterocycles. The molecule has 0 spiro atoms. The van der Waals surface area contributed by atoms with Crippen LogP contribution in [0.4, 0.5) is 0 Å². The van der Waals surface area contributed by atoms with Gasteiger partial charge in [0.25, 0.3) is 0 Å². The SMILES string of the molecule is O=C1c2c(O)cc(O)c([C@H]3c4c(O)cc(O)c([C@H]5c6c(O)cc(O)cc6O[C@H](c6ccc(O)c(O)c6)[C@@H]5O)c4O[C@H](c4ccc(O)c(O)c4)[C@@H]3O)c2O[C@H](c2ccc(O)c(O)c2)[C@@H]1O. The Hall–Kier alpha value is -8.13. The fraction of sp³-hybridized carbons (Fsp3) is 0.178. The zero-order valence-electron chi connectivity index (χ0n) is 32.5. The third-order valence-corrected chi connectivity index (χ3v) is 11.8. The summed E-state index contributed by atoms with van der Waals surface area (Å²) in [7, 11) is 0. The van der Waals surface area contributed by atoms with Crippen LogP contribution in [0.25, 0.3) is 0 Å². The molecule has 0 aliphatic carbocycles. The molecule has 9 rings (SSSR count). The number of benzene rings is 6. The quantitative estimate of drug-likeness (QED) is 0.108. The molecule has 8 atom stereocenters. The van der Waals surface area contributed by atoms with Gasteiger partial charge < -0.3 is 90.8 Å². The van der Waals surface area contributed by atoms with Gasteiger partial charge in [-0.2, -0.15) is 0 Å². The molecule has 3 heterocycles. The summed E-state index contributed by atoms with van der Waals surface area (Å²) in [5.74, 6) is -14.4. The van der Waals surface area contributed by atoms with Crippen LogP contribution in [0.2, 0.25) is 0 Å². The minimum absolute atomic E-state index is 0.0428. The number of ketones is 1. The number of ether oxygens (including phenoxy) is 3. The number of carbonyl (C=O) groups excluding carboxylic acids is 1. The fourth-order valence-corrected chi connectivity index (χ4v) is 8.84. The van der Waals surface area contributed by atoms with Crippen molar-refractivity contribution in [3.63, 3.8) is 0 Å². The van der Waals surface area contributed by atoms with Gasteiger partial charge in [0.2, 0.25) is 5.78 Å². The van der Waals surface area contributed by atoms with Crippen LogP contribution in [0.5, 0.6) is 86.2 Å². The van der Waals surface area contributed by atoms with Crippen LogP contribution >= 0.6 is 0 Å². The monoisotopic (exact) mass is 880 g/mol. The molecule has 3 aliphatic rings. The Morgan fingerprint density at radius 1 is 0.375 bits per heavy atom. The third kappa shape index (κ3) is 6.28. The highest BCUT2D eigenvalue weighted by Gasteiger charge is 2.51. The number of aromatic hydroxyl groups is 12. The van der Waals surface area contributed by atoms with E-state index in [1.807, 2.05) is 0 Å². The van der Waals surface area contributed by atoms with E-state index in [0.717, 1.165) is 54.6 Å². The summed E-state index contributed by atoms with van der Waals surface area (Å²) >= 11 is 0. The van der Waals surface area contributed by atoms with Crippen molar-refractivity contribution in [3.8, 4) is 86.2 Å². The summed E-state index contributed by atoms with van der Waals surface area (Å²) in [5.41, 5.74) is -2.51. The topological polar surface area (TPSA) is 348 Å². The molecule has 0 bridgehead atoms. The lowest BCUT2D eigenvalue weighted by atomic mass is 9.73. The molecule has 19 heteroatoms. The number of carbonyl (C=O) groups is 1. The third-order valence-electron chi connectivity index (χ3n) is 11.8. The van der Waals surface area contributed by atoms with E-state index in [4.69, 9.17) is 14.2 Å². The van der Waals surface area contributed by atoms with E-state index < -0.39 is 157 Å². The average Bonchev–Trinajstić information content (AvgIpc) is 3.23. The highest BCUT2D eigenvalue weighted by molar-refractivity contribution is 6.06. The first-order valence-electron chi connectivity index (χ1n) is 19.2.